The number of carbonyl (C=O) groups is 1. The minimum Gasteiger partial charge on any atom is -0.507 e. The average Bonchev–Trinajstić information content (AvgIpc) is 2.95. The molecule has 2 aliphatic rings. The molecule has 0 aliphatic carbocycles. The molecule has 38 heavy (non-hydrogen) atoms. The van der Waals surface area contributed by atoms with Crippen molar-refractivity contribution in [3.8, 4) is 17.2 Å². The van der Waals surface area contributed by atoms with Gasteiger partial charge in [0.25, 0.3) is 0 Å². The van der Waals surface area contributed by atoms with Crippen LogP contribution in [0, 0.1) is 0 Å². The van der Waals surface area contributed by atoms with Crippen LogP contribution in [0.5, 0.6) is 17.2 Å². The second kappa shape index (κ2) is 11.5. The maximum absolute atomic E-state index is 13.1. The van der Waals surface area contributed by atoms with Crippen LogP contribution in [0.1, 0.15) is 34.2 Å². The molecule has 9 nitrogen and oxygen atoms in total. The predicted octanol–water partition coefficient (Wildman–Crippen LogP) is 3.16. The van der Waals surface area contributed by atoms with E-state index in [9.17, 15) is 20.1 Å². The molecule has 3 aromatic carbocycles. The minimum atomic E-state index is -1.48. The van der Waals surface area contributed by atoms with E-state index < -0.39 is 37.0 Å². The molecule has 1 unspecified atom stereocenters. The highest BCUT2D eigenvalue weighted by Gasteiger charge is 2.50. The average molecular weight is 523 g/mol. The largest absolute Gasteiger partial charge is 0.507 e. The zero-order valence-electron chi connectivity index (χ0n) is 20.8. The highest BCUT2D eigenvalue weighted by Crippen LogP contribution is 2.36. The van der Waals surface area contributed by atoms with Crippen LogP contribution in [0.25, 0.3) is 0 Å². The van der Waals surface area contributed by atoms with Gasteiger partial charge in [0, 0.05) is 12.0 Å². The molecule has 3 N–H and O–H groups in total. The summed E-state index contributed by atoms with van der Waals surface area (Å²) in [5.41, 5.74) is 1.70. The van der Waals surface area contributed by atoms with Crippen molar-refractivity contribution in [2.45, 2.75) is 49.8 Å². The number of ether oxygens (including phenoxy) is 5. The molecule has 0 radical (unpaired) electrons. The Morgan fingerprint density at radius 3 is 2.45 bits per heavy atom. The number of aliphatic hydroxyl groups excluding tert-OH is 2. The number of carbonyl (C=O) groups excluding carboxylic acids is 1. The van der Waals surface area contributed by atoms with Gasteiger partial charge in [-0.3, -0.25) is 4.79 Å². The fraction of sp³-hybridized carbons (Fsp3) is 0.345. The number of phenolic OH excluding ortho intramolecular Hbond substituents is 1. The summed E-state index contributed by atoms with van der Waals surface area (Å²) in [6, 6.07) is 21.1. The van der Waals surface area contributed by atoms with Gasteiger partial charge in [-0.05, 0) is 36.2 Å². The normalized spacial score (nSPS) is 26.8. The molecule has 3 aromatic rings. The molecule has 0 saturated carbocycles. The number of fused-ring (bicyclic) bond motifs is 1. The van der Waals surface area contributed by atoms with Crippen LogP contribution >= 0.6 is 0 Å². The Morgan fingerprint density at radius 1 is 0.947 bits per heavy atom. The Morgan fingerprint density at radius 2 is 1.71 bits per heavy atom. The second-order valence-electron chi connectivity index (χ2n) is 9.24. The molecule has 9 heteroatoms. The molecule has 5 rings (SSSR count). The molecule has 6 atom stereocenters. The first-order valence-electron chi connectivity index (χ1n) is 12.4. The van der Waals surface area contributed by atoms with Gasteiger partial charge in [-0.25, -0.2) is 0 Å². The van der Waals surface area contributed by atoms with Gasteiger partial charge in [0.15, 0.2) is 12.1 Å². The number of aromatic hydroxyl groups is 1. The van der Waals surface area contributed by atoms with Gasteiger partial charge < -0.3 is 39.0 Å². The van der Waals surface area contributed by atoms with Crippen LogP contribution in [0.2, 0.25) is 0 Å². The maximum Gasteiger partial charge on any atom is 0.229 e. The second-order valence-corrected chi connectivity index (χ2v) is 9.24. The minimum absolute atomic E-state index is 0.0197. The third-order valence-corrected chi connectivity index (χ3v) is 6.73. The highest BCUT2D eigenvalue weighted by molar-refractivity contribution is 6.01. The van der Waals surface area contributed by atoms with E-state index in [0.29, 0.717) is 6.42 Å². The summed E-state index contributed by atoms with van der Waals surface area (Å²) < 4.78 is 28.6. The van der Waals surface area contributed by atoms with Gasteiger partial charge in [-0.2, -0.15) is 0 Å². The molecule has 2 saturated heterocycles. The summed E-state index contributed by atoms with van der Waals surface area (Å²) in [5.74, 6) is 0.171. The van der Waals surface area contributed by atoms with Crippen molar-refractivity contribution in [2.75, 3.05) is 13.7 Å². The van der Waals surface area contributed by atoms with E-state index in [4.69, 9.17) is 23.7 Å². The number of rotatable bonds is 8. The van der Waals surface area contributed by atoms with Crippen LogP contribution in [0.15, 0.2) is 72.8 Å². The summed E-state index contributed by atoms with van der Waals surface area (Å²) in [6.45, 7) is 0.0988. The van der Waals surface area contributed by atoms with Crippen molar-refractivity contribution in [3.63, 3.8) is 0 Å². The van der Waals surface area contributed by atoms with Crippen molar-refractivity contribution >= 4 is 5.78 Å². The summed E-state index contributed by atoms with van der Waals surface area (Å²) >= 11 is 0. The quantitative estimate of drug-likeness (QED) is 0.383. The molecular formula is C29H30O9. The Bertz CT molecular complexity index is 1230. The number of methoxy groups -OCH3 is 1. The molecule has 2 fully saturated rings. The van der Waals surface area contributed by atoms with E-state index in [2.05, 4.69) is 0 Å². The van der Waals surface area contributed by atoms with Crippen molar-refractivity contribution in [1.82, 2.24) is 0 Å². The first-order valence-corrected chi connectivity index (χ1v) is 12.4. The third kappa shape index (κ3) is 5.52. The Balaban J connectivity index is 1.27. The van der Waals surface area contributed by atoms with Crippen molar-refractivity contribution < 1.29 is 43.8 Å². The van der Waals surface area contributed by atoms with Crippen LogP contribution in [-0.4, -0.2) is 65.5 Å². The number of Topliss-reactive ketones (excluding diaryl/α,β-unsaturated/α-hetero) is 1. The first-order chi connectivity index (χ1) is 18.4. The van der Waals surface area contributed by atoms with Gasteiger partial charge in [-0.1, -0.05) is 48.5 Å². The molecule has 0 amide bonds. The summed E-state index contributed by atoms with van der Waals surface area (Å²) in [6.07, 6.45) is -5.84. The van der Waals surface area contributed by atoms with Gasteiger partial charge in [0.05, 0.1) is 13.7 Å². The molecule has 0 spiro atoms. The lowest BCUT2D eigenvalue weighted by atomic mass is 9.97. The highest BCUT2D eigenvalue weighted by atomic mass is 16.8. The lowest BCUT2D eigenvalue weighted by Crippen LogP contribution is -2.63. The van der Waals surface area contributed by atoms with Crippen LogP contribution in [-0.2, 0) is 20.6 Å². The van der Waals surface area contributed by atoms with Gasteiger partial charge in [0.2, 0.25) is 6.29 Å². The van der Waals surface area contributed by atoms with Crippen molar-refractivity contribution in [3.05, 3.63) is 89.5 Å². The summed E-state index contributed by atoms with van der Waals surface area (Å²) in [7, 11) is 1.58. The van der Waals surface area contributed by atoms with E-state index in [0.717, 1.165) is 16.9 Å². The Kier molecular flexibility index (Phi) is 7.92. The number of aryl methyl sites for hydroxylation is 1. The summed E-state index contributed by atoms with van der Waals surface area (Å²) in [5, 5.41) is 32.1. The van der Waals surface area contributed by atoms with Crippen LogP contribution < -0.4 is 9.47 Å². The number of benzene rings is 3. The topological polar surface area (TPSA) is 124 Å². The standard InChI is InChI=1S/C29H30O9/c1-34-19-13-10-17(11-14-19)12-15-21(31)24-20(30)8-5-9-22(24)36-29-26(33)25(32)27-23(37-29)16-35-28(38-27)18-6-3-2-4-7-18/h2-11,13-14,23,25-30,32-33H,12,15-16H2,1H3/t23-,25-,26-,27-,28?,29-/m1/s1. The molecular weight excluding hydrogens is 492 g/mol. The number of phenols is 1. The Hall–Kier alpha value is -3.47. The van der Waals surface area contributed by atoms with Crippen molar-refractivity contribution in [2.24, 2.45) is 0 Å². The third-order valence-electron chi connectivity index (χ3n) is 6.73. The van der Waals surface area contributed by atoms with Crippen molar-refractivity contribution in [1.29, 1.82) is 0 Å². The molecule has 200 valence electrons. The summed E-state index contributed by atoms with van der Waals surface area (Å²) in [4.78, 5) is 13.1. The molecule has 0 aromatic heterocycles. The van der Waals surface area contributed by atoms with Crippen LogP contribution in [0.4, 0.5) is 0 Å². The zero-order valence-corrected chi connectivity index (χ0v) is 20.8. The lowest BCUT2D eigenvalue weighted by Gasteiger charge is -2.46. The predicted molar refractivity (Wildman–Crippen MR) is 135 cm³/mol. The van der Waals surface area contributed by atoms with Gasteiger partial charge >= 0.3 is 0 Å². The number of aliphatic hydroxyl groups is 2. The van der Waals surface area contributed by atoms with E-state index in [1.807, 2.05) is 54.6 Å². The van der Waals surface area contributed by atoms with E-state index >= 15 is 0 Å². The molecule has 2 heterocycles. The molecule has 0 bridgehead atoms. The van der Waals surface area contributed by atoms with E-state index in [1.54, 1.807) is 7.11 Å². The van der Waals surface area contributed by atoms with Gasteiger partial charge in [-0.15, -0.1) is 0 Å². The lowest BCUT2D eigenvalue weighted by molar-refractivity contribution is -0.350. The fourth-order valence-electron chi connectivity index (χ4n) is 4.65. The fourth-order valence-corrected chi connectivity index (χ4v) is 4.65. The van der Waals surface area contributed by atoms with Crippen LogP contribution in [0.3, 0.4) is 0 Å². The zero-order chi connectivity index (χ0) is 26.6. The maximum atomic E-state index is 13.1. The Labute approximate surface area is 220 Å². The number of ketones is 1. The first kappa shape index (κ1) is 26.1. The van der Waals surface area contributed by atoms with E-state index in [-0.39, 0.29) is 35.9 Å². The number of hydrogen-bond acceptors (Lipinski definition) is 9. The molecule has 2 aliphatic heterocycles. The van der Waals surface area contributed by atoms with Gasteiger partial charge in [0.1, 0.15) is 47.2 Å². The van der Waals surface area contributed by atoms with E-state index in [1.165, 1.54) is 18.2 Å². The smallest absolute Gasteiger partial charge is 0.229 e. The number of hydrogen-bond donors (Lipinski definition) is 3. The monoisotopic (exact) mass is 522 g/mol. The SMILES string of the molecule is COc1ccc(CCC(=O)c2c(O)cccc2O[C@@H]2O[C@@H]3COC(c4ccccc4)O[C@H]3[C@H](O)[C@H]2O)cc1.